The third kappa shape index (κ3) is 4.35. The van der Waals surface area contributed by atoms with Gasteiger partial charge in [0.1, 0.15) is 18.2 Å². The van der Waals surface area contributed by atoms with E-state index in [4.69, 9.17) is 22.1 Å². The van der Waals surface area contributed by atoms with Crippen LogP contribution in [0, 0.1) is 5.82 Å². The lowest BCUT2D eigenvalue weighted by atomic mass is 10.3. The van der Waals surface area contributed by atoms with Crippen molar-refractivity contribution < 1.29 is 9.13 Å². The lowest BCUT2D eigenvalue weighted by Gasteiger charge is -2.16. The van der Waals surface area contributed by atoms with Crippen LogP contribution in [0.2, 0.25) is 5.02 Å². The van der Waals surface area contributed by atoms with Gasteiger partial charge in [-0.1, -0.05) is 11.6 Å². The summed E-state index contributed by atoms with van der Waals surface area (Å²) in [5.74, 6) is 0.141. The molecule has 2 N–H and O–H groups in total. The van der Waals surface area contributed by atoms with Crippen molar-refractivity contribution >= 4 is 11.6 Å². The molecule has 0 spiro atoms. The van der Waals surface area contributed by atoms with Crippen molar-refractivity contribution in [3.63, 3.8) is 0 Å². The number of halogens is 2. The van der Waals surface area contributed by atoms with E-state index in [0.29, 0.717) is 23.9 Å². The average molecular weight is 247 g/mol. The van der Waals surface area contributed by atoms with Crippen molar-refractivity contribution in [2.75, 3.05) is 33.3 Å². The first kappa shape index (κ1) is 13.2. The number of hydrogen-bond donors (Lipinski definition) is 1. The van der Waals surface area contributed by atoms with Crippen molar-refractivity contribution in [1.82, 2.24) is 4.90 Å². The van der Waals surface area contributed by atoms with Crippen LogP contribution in [0.15, 0.2) is 18.2 Å². The Labute approximate surface area is 99.9 Å². The molecule has 16 heavy (non-hydrogen) atoms. The van der Waals surface area contributed by atoms with E-state index in [9.17, 15) is 4.39 Å². The van der Waals surface area contributed by atoms with Gasteiger partial charge in [0.15, 0.2) is 0 Å². The first-order valence-electron chi connectivity index (χ1n) is 5.10. The van der Waals surface area contributed by atoms with Crippen molar-refractivity contribution in [2.24, 2.45) is 5.73 Å². The van der Waals surface area contributed by atoms with Crippen LogP contribution in [0.1, 0.15) is 0 Å². The monoisotopic (exact) mass is 246 g/mol. The molecule has 1 rings (SSSR count). The van der Waals surface area contributed by atoms with Crippen LogP contribution < -0.4 is 10.5 Å². The molecule has 0 aliphatic heterocycles. The second-order valence-corrected chi connectivity index (χ2v) is 3.92. The summed E-state index contributed by atoms with van der Waals surface area (Å²) in [5.41, 5.74) is 5.41. The summed E-state index contributed by atoms with van der Waals surface area (Å²) < 4.78 is 18.2. The molecule has 0 aliphatic rings. The Morgan fingerprint density at radius 1 is 1.44 bits per heavy atom. The third-order valence-corrected chi connectivity index (χ3v) is 2.43. The Balaban J connectivity index is 2.37. The van der Waals surface area contributed by atoms with Gasteiger partial charge in [-0.05, 0) is 25.2 Å². The SMILES string of the molecule is CN(CCN)CCOc1ccc(F)cc1Cl. The largest absolute Gasteiger partial charge is 0.491 e. The Bertz CT molecular complexity index is 336. The molecule has 5 heteroatoms. The van der Waals surface area contributed by atoms with Gasteiger partial charge in [-0.25, -0.2) is 4.39 Å². The van der Waals surface area contributed by atoms with Crippen LogP contribution in [0.4, 0.5) is 4.39 Å². The molecule has 0 radical (unpaired) electrons. The van der Waals surface area contributed by atoms with Crippen molar-refractivity contribution in [2.45, 2.75) is 0 Å². The second-order valence-electron chi connectivity index (χ2n) is 3.52. The molecule has 90 valence electrons. The van der Waals surface area contributed by atoms with Crippen molar-refractivity contribution in [3.8, 4) is 5.75 Å². The molecule has 1 aromatic rings. The van der Waals surface area contributed by atoms with E-state index in [2.05, 4.69) is 4.90 Å². The number of likely N-dealkylation sites (N-methyl/N-ethyl adjacent to an activating group) is 1. The predicted molar refractivity (Wildman–Crippen MR) is 63.5 cm³/mol. The summed E-state index contributed by atoms with van der Waals surface area (Å²) in [7, 11) is 1.96. The molecule has 0 saturated heterocycles. The zero-order chi connectivity index (χ0) is 12.0. The quantitative estimate of drug-likeness (QED) is 0.831. The highest BCUT2D eigenvalue weighted by Gasteiger charge is 2.03. The number of nitrogens with two attached hydrogens (primary N) is 1. The van der Waals surface area contributed by atoms with Crippen molar-refractivity contribution in [3.05, 3.63) is 29.0 Å². The third-order valence-electron chi connectivity index (χ3n) is 2.14. The number of rotatable bonds is 6. The highest BCUT2D eigenvalue weighted by molar-refractivity contribution is 6.32. The van der Waals surface area contributed by atoms with E-state index < -0.39 is 0 Å². The summed E-state index contributed by atoms with van der Waals surface area (Å²) in [6, 6.07) is 4.09. The lowest BCUT2D eigenvalue weighted by Crippen LogP contribution is -2.29. The van der Waals surface area contributed by atoms with Crippen LogP contribution in [0.25, 0.3) is 0 Å². The Hall–Kier alpha value is -0.840. The number of hydrogen-bond acceptors (Lipinski definition) is 3. The maximum Gasteiger partial charge on any atom is 0.138 e. The molecule has 3 nitrogen and oxygen atoms in total. The molecule has 0 fully saturated rings. The minimum atomic E-state index is -0.363. The minimum Gasteiger partial charge on any atom is -0.491 e. The van der Waals surface area contributed by atoms with Gasteiger partial charge in [0.25, 0.3) is 0 Å². The van der Waals surface area contributed by atoms with Crippen LogP contribution >= 0.6 is 11.6 Å². The molecular formula is C11H16ClFN2O. The van der Waals surface area contributed by atoms with E-state index in [1.807, 2.05) is 7.05 Å². The predicted octanol–water partition coefficient (Wildman–Crippen LogP) is 1.75. The van der Waals surface area contributed by atoms with E-state index in [-0.39, 0.29) is 5.82 Å². The number of nitrogens with zero attached hydrogens (tertiary/aromatic N) is 1. The van der Waals surface area contributed by atoms with Gasteiger partial charge in [0.2, 0.25) is 0 Å². The maximum absolute atomic E-state index is 12.7. The standard InChI is InChI=1S/C11H16ClFN2O/c1-15(5-4-14)6-7-16-11-3-2-9(13)8-10(11)12/h2-3,8H,4-7,14H2,1H3. The van der Waals surface area contributed by atoms with E-state index in [1.54, 1.807) is 0 Å². The fourth-order valence-corrected chi connectivity index (χ4v) is 1.46. The zero-order valence-electron chi connectivity index (χ0n) is 9.25. The first-order valence-corrected chi connectivity index (χ1v) is 5.47. The van der Waals surface area contributed by atoms with Gasteiger partial charge in [0, 0.05) is 19.6 Å². The topological polar surface area (TPSA) is 38.5 Å². The zero-order valence-corrected chi connectivity index (χ0v) is 10.0. The summed E-state index contributed by atoms with van der Waals surface area (Å²) in [5, 5.41) is 0.293. The van der Waals surface area contributed by atoms with Crippen LogP contribution in [0.3, 0.4) is 0 Å². The number of benzene rings is 1. The van der Waals surface area contributed by atoms with E-state index in [1.165, 1.54) is 18.2 Å². The summed E-state index contributed by atoms with van der Waals surface area (Å²) in [6.45, 7) is 2.70. The highest BCUT2D eigenvalue weighted by Crippen LogP contribution is 2.24. The molecule has 1 aromatic carbocycles. The Morgan fingerprint density at radius 2 is 2.19 bits per heavy atom. The van der Waals surface area contributed by atoms with Crippen LogP contribution in [-0.4, -0.2) is 38.2 Å². The molecule has 0 atom stereocenters. The first-order chi connectivity index (χ1) is 7.63. The molecule has 0 aromatic heterocycles. The van der Waals surface area contributed by atoms with Gasteiger partial charge in [-0.3, -0.25) is 0 Å². The summed E-state index contributed by atoms with van der Waals surface area (Å²) in [4.78, 5) is 2.05. The van der Waals surface area contributed by atoms with E-state index in [0.717, 1.165) is 13.1 Å². The minimum absolute atomic E-state index is 0.293. The lowest BCUT2D eigenvalue weighted by molar-refractivity contribution is 0.241. The molecule has 0 heterocycles. The molecular weight excluding hydrogens is 231 g/mol. The van der Waals surface area contributed by atoms with Crippen molar-refractivity contribution in [1.29, 1.82) is 0 Å². The highest BCUT2D eigenvalue weighted by atomic mass is 35.5. The molecule has 0 aliphatic carbocycles. The van der Waals surface area contributed by atoms with Gasteiger partial charge in [0.05, 0.1) is 5.02 Å². The van der Waals surface area contributed by atoms with Crippen LogP contribution in [0.5, 0.6) is 5.75 Å². The Kier molecular flexibility index (Phi) is 5.52. The van der Waals surface area contributed by atoms with E-state index >= 15 is 0 Å². The van der Waals surface area contributed by atoms with Crippen LogP contribution in [-0.2, 0) is 0 Å². The maximum atomic E-state index is 12.7. The molecule has 0 unspecified atom stereocenters. The summed E-state index contributed by atoms with van der Waals surface area (Å²) >= 11 is 5.81. The summed E-state index contributed by atoms with van der Waals surface area (Å²) in [6.07, 6.45) is 0. The fraction of sp³-hybridized carbons (Fsp3) is 0.455. The van der Waals surface area contributed by atoms with Gasteiger partial charge in [-0.15, -0.1) is 0 Å². The Morgan fingerprint density at radius 3 is 2.81 bits per heavy atom. The van der Waals surface area contributed by atoms with Gasteiger partial charge >= 0.3 is 0 Å². The number of ether oxygens (including phenoxy) is 1. The van der Waals surface area contributed by atoms with Gasteiger partial charge in [-0.2, -0.15) is 0 Å². The molecule has 0 saturated carbocycles. The fourth-order valence-electron chi connectivity index (χ4n) is 1.24. The molecule has 0 bridgehead atoms. The average Bonchev–Trinajstić information content (AvgIpc) is 2.22. The molecule has 0 amide bonds. The second kappa shape index (κ2) is 6.68. The smallest absolute Gasteiger partial charge is 0.138 e. The normalized spacial score (nSPS) is 10.8. The van der Waals surface area contributed by atoms with Gasteiger partial charge < -0.3 is 15.4 Å².